The van der Waals surface area contributed by atoms with E-state index in [1.54, 1.807) is 0 Å². The summed E-state index contributed by atoms with van der Waals surface area (Å²) in [6, 6.07) is 0. The van der Waals surface area contributed by atoms with Gasteiger partial charge in [-0.2, -0.15) is 0 Å². The van der Waals surface area contributed by atoms with Crippen LogP contribution in [0.2, 0.25) is 0 Å². The van der Waals surface area contributed by atoms with Crippen molar-refractivity contribution in [1.82, 2.24) is 0 Å². The van der Waals surface area contributed by atoms with Crippen molar-refractivity contribution in [2.24, 2.45) is 0 Å². The SMILES string of the molecule is C=C(C)C(=O)OC1(C(=O)O)CCCCC1. The predicted octanol–water partition coefficient (Wildman–Crippen LogP) is 1.89. The fourth-order valence-corrected chi connectivity index (χ4v) is 1.75. The number of carbonyl (C=O) groups is 2. The standard InChI is InChI=1S/C11H16O4/c1-8(2)9(12)15-11(10(13)14)6-4-3-5-7-11/h1,3-7H2,2H3,(H,13,14). The summed E-state index contributed by atoms with van der Waals surface area (Å²) < 4.78 is 5.06. The van der Waals surface area contributed by atoms with E-state index in [1.165, 1.54) is 6.92 Å². The number of carboxylic acids is 1. The molecule has 15 heavy (non-hydrogen) atoms. The van der Waals surface area contributed by atoms with Gasteiger partial charge in [0.2, 0.25) is 5.60 Å². The van der Waals surface area contributed by atoms with Gasteiger partial charge in [-0.15, -0.1) is 0 Å². The Morgan fingerprint density at radius 3 is 2.20 bits per heavy atom. The molecule has 0 aromatic rings. The topological polar surface area (TPSA) is 63.6 Å². The monoisotopic (exact) mass is 212 g/mol. The molecule has 4 heteroatoms. The number of hydrogen-bond acceptors (Lipinski definition) is 3. The maximum atomic E-state index is 11.3. The van der Waals surface area contributed by atoms with E-state index in [0.717, 1.165) is 19.3 Å². The molecule has 0 amide bonds. The lowest BCUT2D eigenvalue weighted by Crippen LogP contribution is -2.45. The average molecular weight is 212 g/mol. The highest BCUT2D eigenvalue weighted by molar-refractivity contribution is 5.90. The van der Waals surface area contributed by atoms with E-state index in [2.05, 4.69) is 6.58 Å². The van der Waals surface area contributed by atoms with Crippen molar-refractivity contribution >= 4 is 11.9 Å². The molecule has 84 valence electrons. The molecule has 1 fully saturated rings. The van der Waals surface area contributed by atoms with E-state index < -0.39 is 17.5 Å². The predicted molar refractivity (Wildman–Crippen MR) is 54.4 cm³/mol. The lowest BCUT2D eigenvalue weighted by atomic mass is 9.84. The summed E-state index contributed by atoms with van der Waals surface area (Å²) in [6.45, 7) is 4.96. The summed E-state index contributed by atoms with van der Waals surface area (Å²) in [5.41, 5.74) is -1.07. The zero-order valence-corrected chi connectivity index (χ0v) is 8.91. The Morgan fingerprint density at radius 2 is 1.80 bits per heavy atom. The van der Waals surface area contributed by atoms with Gasteiger partial charge in [0.25, 0.3) is 0 Å². The van der Waals surface area contributed by atoms with E-state index in [4.69, 9.17) is 9.84 Å². The van der Waals surface area contributed by atoms with Crippen LogP contribution >= 0.6 is 0 Å². The molecule has 0 bridgehead atoms. The maximum absolute atomic E-state index is 11.3. The van der Waals surface area contributed by atoms with Crippen molar-refractivity contribution in [2.75, 3.05) is 0 Å². The Hall–Kier alpha value is -1.32. The maximum Gasteiger partial charge on any atom is 0.348 e. The van der Waals surface area contributed by atoms with Gasteiger partial charge in [0, 0.05) is 5.57 Å². The van der Waals surface area contributed by atoms with Crippen LogP contribution in [0.25, 0.3) is 0 Å². The van der Waals surface area contributed by atoms with Crippen molar-refractivity contribution in [3.63, 3.8) is 0 Å². The molecular formula is C11H16O4. The van der Waals surface area contributed by atoms with Crippen molar-refractivity contribution in [3.05, 3.63) is 12.2 Å². The first-order valence-corrected chi connectivity index (χ1v) is 5.10. The summed E-state index contributed by atoms with van der Waals surface area (Å²) in [7, 11) is 0. The fourth-order valence-electron chi connectivity index (χ4n) is 1.75. The molecule has 0 unspecified atom stereocenters. The minimum absolute atomic E-state index is 0.237. The van der Waals surface area contributed by atoms with Crippen LogP contribution in [0.1, 0.15) is 39.0 Å². The van der Waals surface area contributed by atoms with Gasteiger partial charge in [-0.25, -0.2) is 9.59 Å². The molecule has 0 aromatic carbocycles. The Labute approximate surface area is 88.9 Å². The second-order valence-electron chi connectivity index (χ2n) is 4.03. The summed E-state index contributed by atoms with van der Waals surface area (Å²) in [5, 5.41) is 9.11. The van der Waals surface area contributed by atoms with Gasteiger partial charge in [-0.05, 0) is 32.6 Å². The highest BCUT2D eigenvalue weighted by Gasteiger charge is 2.43. The third-order valence-electron chi connectivity index (χ3n) is 2.69. The molecule has 1 rings (SSSR count). The van der Waals surface area contributed by atoms with E-state index in [-0.39, 0.29) is 5.57 Å². The Bertz CT molecular complexity index is 287. The van der Waals surface area contributed by atoms with Gasteiger partial charge in [0.1, 0.15) is 0 Å². The molecule has 0 spiro atoms. The van der Waals surface area contributed by atoms with Gasteiger partial charge in [-0.1, -0.05) is 13.0 Å². The molecule has 1 N–H and O–H groups in total. The summed E-state index contributed by atoms with van der Waals surface area (Å²) in [6.07, 6.45) is 3.38. The number of hydrogen-bond donors (Lipinski definition) is 1. The smallest absolute Gasteiger partial charge is 0.348 e. The van der Waals surface area contributed by atoms with Crippen molar-refractivity contribution < 1.29 is 19.4 Å². The highest BCUT2D eigenvalue weighted by atomic mass is 16.6. The number of aliphatic carboxylic acids is 1. The molecule has 0 saturated heterocycles. The number of carbonyl (C=O) groups excluding carboxylic acids is 1. The number of rotatable bonds is 3. The third-order valence-corrected chi connectivity index (χ3v) is 2.69. The second-order valence-corrected chi connectivity index (χ2v) is 4.03. The normalized spacial score (nSPS) is 19.3. The van der Waals surface area contributed by atoms with Crippen molar-refractivity contribution in [3.8, 4) is 0 Å². The lowest BCUT2D eigenvalue weighted by molar-refractivity contribution is -0.180. The van der Waals surface area contributed by atoms with Gasteiger partial charge < -0.3 is 9.84 Å². The molecule has 1 saturated carbocycles. The molecule has 0 radical (unpaired) electrons. The first kappa shape index (κ1) is 11.8. The second kappa shape index (κ2) is 4.47. The van der Waals surface area contributed by atoms with Crippen LogP contribution in [0.4, 0.5) is 0 Å². The minimum Gasteiger partial charge on any atom is -0.478 e. The van der Waals surface area contributed by atoms with E-state index >= 15 is 0 Å². The van der Waals surface area contributed by atoms with E-state index in [0.29, 0.717) is 12.8 Å². The van der Waals surface area contributed by atoms with Crippen LogP contribution in [-0.4, -0.2) is 22.6 Å². The quantitative estimate of drug-likeness (QED) is 0.573. The largest absolute Gasteiger partial charge is 0.478 e. The van der Waals surface area contributed by atoms with Gasteiger partial charge in [0.05, 0.1) is 0 Å². The first-order valence-electron chi connectivity index (χ1n) is 5.10. The zero-order chi connectivity index (χ0) is 11.5. The highest BCUT2D eigenvalue weighted by Crippen LogP contribution is 2.32. The number of ether oxygens (including phenoxy) is 1. The Morgan fingerprint density at radius 1 is 1.27 bits per heavy atom. The summed E-state index contributed by atoms with van der Waals surface area (Å²) in [5.74, 6) is -1.66. The van der Waals surface area contributed by atoms with Crippen molar-refractivity contribution in [1.29, 1.82) is 0 Å². The van der Waals surface area contributed by atoms with Gasteiger partial charge in [-0.3, -0.25) is 0 Å². The molecule has 1 aliphatic carbocycles. The Kier molecular flexibility index (Phi) is 3.50. The molecule has 0 aromatic heterocycles. The molecule has 0 heterocycles. The van der Waals surface area contributed by atoms with Crippen LogP contribution in [-0.2, 0) is 14.3 Å². The molecule has 0 aliphatic heterocycles. The van der Waals surface area contributed by atoms with Gasteiger partial charge >= 0.3 is 11.9 Å². The number of esters is 1. The summed E-state index contributed by atoms with van der Waals surface area (Å²) >= 11 is 0. The van der Waals surface area contributed by atoms with Crippen LogP contribution in [0.5, 0.6) is 0 Å². The molecular weight excluding hydrogens is 196 g/mol. The minimum atomic E-state index is -1.31. The lowest BCUT2D eigenvalue weighted by Gasteiger charge is -2.32. The van der Waals surface area contributed by atoms with Crippen LogP contribution in [0, 0.1) is 0 Å². The fraction of sp³-hybridized carbons (Fsp3) is 0.636. The van der Waals surface area contributed by atoms with E-state index in [1.807, 2.05) is 0 Å². The molecule has 4 nitrogen and oxygen atoms in total. The molecule has 1 aliphatic rings. The van der Waals surface area contributed by atoms with Crippen molar-refractivity contribution in [2.45, 2.75) is 44.6 Å². The van der Waals surface area contributed by atoms with Crippen LogP contribution in [0.3, 0.4) is 0 Å². The molecule has 0 atom stereocenters. The Balaban J connectivity index is 2.77. The van der Waals surface area contributed by atoms with Crippen LogP contribution < -0.4 is 0 Å². The summed E-state index contributed by atoms with van der Waals surface area (Å²) in [4.78, 5) is 22.5. The van der Waals surface area contributed by atoms with Crippen LogP contribution in [0.15, 0.2) is 12.2 Å². The first-order chi connectivity index (χ1) is 6.98. The third kappa shape index (κ3) is 2.58. The average Bonchev–Trinajstić information content (AvgIpc) is 2.18. The van der Waals surface area contributed by atoms with Gasteiger partial charge in [0.15, 0.2) is 0 Å². The van der Waals surface area contributed by atoms with E-state index in [9.17, 15) is 9.59 Å². The zero-order valence-electron chi connectivity index (χ0n) is 8.91. The number of carboxylic acid groups (broad SMARTS) is 1.